The zero-order valence-electron chi connectivity index (χ0n) is 11.2. The van der Waals surface area contributed by atoms with E-state index in [1.165, 1.54) is 6.07 Å². The van der Waals surface area contributed by atoms with E-state index in [0.717, 1.165) is 42.3 Å². The third kappa shape index (κ3) is 2.66. The lowest BCUT2D eigenvalue weighted by Gasteiger charge is -2.28. The largest absolute Gasteiger partial charge is 0.335 e. The molecule has 0 N–H and O–H groups in total. The molecule has 0 spiro atoms. The Morgan fingerprint density at radius 2 is 2.00 bits per heavy atom. The molecule has 0 radical (unpaired) electrons. The Hall–Kier alpha value is -1.16. The lowest BCUT2D eigenvalue weighted by atomic mass is 10.0. The average Bonchev–Trinajstić information content (AvgIpc) is 3.08. The summed E-state index contributed by atoms with van der Waals surface area (Å²) in [6.07, 6.45) is 7.75. The maximum Gasteiger partial charge on any atom is 0.226 e. The summed E-state index contributed by atoms with van der Waals surface area (Å²) in [5.41, 5.74) is 0.897. The van der Waals surface area contributed by atoms with Crippen LogP contribution in [-0.2, 0) is 4.79 Å². The second kappa shape index (κ2) is 5.68. The predicted octanol–water partition coefficient (Wildman–Crippen LogP) is 4.22. The van der Waals surface area contributed by atoms with Crippen molar-refractivity contribution in [3.05, 3.63) is 46.2 Å². The number of carbonyl (C=O) groups excluding carboxylic acids is 1. The molecule has 1 amide bonds. The standard InChI is InChI=1S/C16H17BrFNO/c17-13-8-12(9-14(18)10-13)15-6-3-7-19(15)16(20)11-4-1-2-5-11/h1-2,8-11,15H,3-7H2. The van der Waals surface area contributed by atoms with Crippen molar-refractivity contribution in [2.75, 3.05) is 6.54 Å². The molecule has 1 aromatic carbocycles. The Bertz CT molecular complexity index is 529. The van der Waals surface area contributed by atoms with E-state index in [1.807, 2.05) is 11.0 Å². The molecular weight excluding hydrogens is 321 g/mol. The SMILES string of the molecule is O=C(C1CC=CC1)N1CCCC1c1cc(F)cc(Br)c1. The number of rotatable bonds is 2. The number of likely N-dealkylation sites (tertiary alicyclic amines) is 1. The molecule has 4 heteroatoms. The van der Waals surface area contributed by atoms with Gasteiger partial charge in [0, 0.05) is 16.9 Å². The molecule has 1 aliphatic heterocycles. The zero-order chi connectivity index (χ0) is 14.1. The van der Waals surface area contributed by atoms with Gasteiger partial charge in [0.2, 0.25) is 5.91 Å². The zero-order valence-corrected chi connectivity index (χ0v) is 12.8. The Morgan fingerprint density at radius 3 is 2.70 bits per heavy atom. The van der Waals surface area contributed by atoms with E-state index in [4.69, 9.17) is 0 Å². The van der Waals surface area contributed by atoms with Crippen LogP contribution >= 0.6 is 15.9 Å². The summed E-state index contributed by atoms with van der Waals surface area (Å²) in [6, 6.07) is 4.95. The van der Waals surface area contributed by atoms with Gasteiger partial charge in [0.05, 0.1) is 6.04 Å². The van der Waals surface area contributed by atoms with E-state index in [9.17, 15) is 9.18 Å². The highest BCUT2D eigenvalue weighted by Crippen LogP contribution is 2.36. The van der Waals surface area contributed by atoms with E-state index in [1.54, 1.807) is 6.07 Å². The topological polar surface area (TPSA) is 20.3 Å². The van der Waals surface area contributed by atoms with Crippen LogP contribution in [0.2, 0.25) is 0 Å². The molecule has 3 rings (SSSR count). The molecule has 2 nitrogen and oxygen atoms in total. The molecule has 1 fully saturated rings. The summed E-state index contributed by atoms with van der Waals surface area (Å²) < 4.78 is 14.3. The highest BCUT2D eigenvalue weighted by atomic mass is 79.9. The van der Waals surface area contributed by atoms with Crippen LogP contribution in [0.1, 0.15) is 37.3 Å². The van der Waals surface area contributed by atoms with Crippen molar-refractivity contribution in [2.45, 2.75) is 31.7 Å². The molecule has 1 aromatic rings. The number of carbonyl (C=O) groups is 1. The Kier molecular flexibility index (Phi) is 3.92. The van der Waals surface area contributed by atoms with Gasteiger partial charge >= 0.3 is 0 Å². The minimum Gasteiger partial charge on any atom is -0.335 e. The number of nitrogens with zero attached hydrogens (tertiary/aromatic N) is 1. The molecule has 0 bridgehead atoms. The fraction of sp³-hybridized carbons (Fsp3) is 0.438. The third-order valence-corrected chi connectivity index (χ3v) is 4.62. The first kappa shape index (κ1) is 13.8. The normalized spacial score (nSPS) is 22.7. The fourth-order valence-electron chi connectivity index (χ4n) is 3.20. The van der Waals surface area contributed by atoms with Crippen molar-refractivity contribution >= 4 is 21.8 Å². The first-order chi connectivity index (χ1) is 9.65. The maximum absolute atomic E-state index is 13.6. The molecule has 0 aromatic heterocycles. The van der Waals surface area contributed by atoms with Gasteiger partial charge in [-0.05, 0) is 49.4 Å². The fourth-order valence-corrected chi connectivity index (χ4v) is 3.68. The van der Waals surface area contributed by atoms with Crippen LogP contribution in [0.15, 0.2) is 34.8 Å². The lowest BCUT2D eigenvalue weighted by molar-refractivity contribution is -0.136. The van der Waals surface area contributed by atoms with E-state index >= 15 is 0 Å². The predicted molar refractivity (Wildman–Crippen MR) is 79.7 cm³/mol. The Morgan fingerprint density at radius 1 is 1.25 bits per heavy atom. The summed E-state index contributed by atoms with van der Waals surface area (Å²) in [5, 5.41) is 0. The second-order valence-corrected chi connectivity index (χ2v) is 6.45. The summed E-state index contributed by atoms with van der Waals surface area (Å²) in [4.78, 5) is 14.5. The van der Waals surface area contributed by atoms with Gasteiger partial charge in [-0.25, -0.2) is 4.39 Å². The Balaban J connectivity index is 1.82. The molecular formula is C16H17BrFNO. The van der Waals surface area contributed by atoms with Crippen molar-refractivity contribution in [3.8, 4) is 0 Å². The van der Waals surface area contributed by atoms with Crippen molar-refractivity contribution in [3.63, 3.8) is 0 Å². The number of hydrogen-bond donors (Lipinski definition) is 0. The minimum atomic E-state index is -0.254. The summed E-state index contributed by atoms with van der Waals surface area (Å²) in [5.74, 6) is 0.0571. The number of hydrogen-bond acceptors (Lipinski definition) is 1. The molecule has 1 saturated heterocycles. The van der Waals surface area contributed by atoms with Gasteiger partial charge in [-0.3, -0.25) is 4.79 Å². The van der Waals surface area contributed by atoms with Gasteiger partial charge in [0.25, 0.3) is 0 Å². The summed E-state index contributed by atoms with van der Waals surface area (Å²) in [7, 11) is 0. The first-order valence-electron chi connectivity index (χ1n) is 7.06. The van der Waals surface area contributed by atoms with Crippen LogP contribution in [-0.4, -0.2) is 17.4 Å². The molecule has 106 valence electrons. The van der Waals surface area contributed by atoms with E-state index in [-0.39, 0.29) is 23.7 Å². The van der Waals surface area contributed by atoms with Gasteiger partial charge in [-0.15, -0.1) is 0 Å². The van der Waals surface area contributed by atoms with E-state index in [2.05, 4.69) is 28.1 Å². The molecule has 1 heterocycles. The van der Waals surface area contributed by atoms with Gasteiger partial charge < -0.3 is 4.90 Å². The van der Waals surface area contributed by atoms with Crippen molar-refractivity contribution < 1.29 is 9.18 Å². The summed E-state index contributed by atoms with van der Waals surface area (Å²) >= 11 is 3.33. The van der Waals surface area contributed by atoms with Crippen LogP contribution in [0.25, 0.3) is 0 Å². The molecule has 2 aliphatic rings. The lowest BCUT2D eigenvalue weighted by Crippen LogP contribution is -2.35. The minimum absolute atomic E-state index is 0.0232. The smallest absolute Gasteiger partial charge is 0.226 e. The number of benzene rings is 1. The second-order valence-electron chi connectivity index (χ2n) is 5.53. The maximum atomic E-state index is 13.6. The van der Waals surface area contributed by atoms with Crippen LogP contribution in [0.5, 0.6) is 0 Å². The molecule has 1 aliphatic carbocycles. The van der Waals surface area contributed by atoms with Crippen molar-refractivity contribution in [1.29, 1.82) is 0 Å². The van der Waals surface area contributed by atoms with Gasteiger partial charge in [-0.2, -0.15) is 0 Å². The number of allylic oxidation sites excluding steroid dienone is 2. The first-order valence-corrected chi connectivity index (χ1v) is 7.86. The molecule has 0 saturated carbocycles. The highest BCUT2D eigenvalue weighted by Gasteiger charge is 2.34. The van der Waals surface area contributed by atoms with Crippen LogP contribution < -0.4 is 0 Å². The quantitative estimate of drug-likeness (QED) is 0.740. The van der Waals surface area contributed by atoms with Crippen molar-refractivity contribution in [2.24, 2.45) is 5.92 Å². The van der Waals surface area contributed by atoms with E-state index in [0.29, 0.717) is 0 Å². The monoisotopic (exact) mass is 337 g/mol. The number of amides is 1. The molecule has 1 unspecified atom stereocenters. The average molecular weight is 338 g/mol. The third-order valence-electron chi connectivity index (χ3n) is 4.16. The van der Waals surface area contributed by atoms with Gasteiger partial charge in [-0.1, -0.05) is 28.1 Å². The highest BCUT2D eigenvalue weighted by molar-refractivity contribution is 9.10. The summed E-state index contributed by atoms with van der Waals surface area (Å²) in [6.45, 7) is 0.786. The van der Waals surface area contributed by atoms with Crippen molar-refractivity contribution in [1.82, 2.24) is 4.90 Å². The van der Waals surface area contributed by atoms with Crippen LogP contribution in [0.3, 0.4) is 0 Å². The number of halogens is 2. The molecule has 20 heavy (non-hydrogen) atoms. The Labute approximate surface area is 126 Å². The van der Waals surface area contributed by atoms with Crippen LogP contribution in [0.4, 0.5) is 4.39 Å². The molecule has 1 atom stereocenters. The van der Waals surface area contributed by atoms with E-state index < -0.39 is 0 Å². The van der Waals surface area contributed by atoms with Gasteiger partial charge in [0.1, 0.15) is 5.82 Å². The van der Waals surface area contributed by atoms with Gasteiger partial charge in [0.15, 0.2) is 0 Å². The van der Waals surface area contributed by atoms with Crippen LogP contribution in [0, 0.1) is 11.7 Å².